The molecule has 1 aromatic rings. The summed E-state index contributed by atoms with van der Waals surface area (Å²) in [6.45, 7) is 6.65. The van der Waals surface area contributed by atoms with E-state index in [2.05, 4.69) is 15.9 Å². The highest BCUT2D eigenvalue weighted by molar-refractivity contribution is 9.10. The highest BCUT2D eigenvalue weighted by Gasteiger charge is 2.31. The zero-order valence-corrected chi connectivity index (χ0v) is 13.4. The molecule has 0 aromatic heterocycles. The second-order valence-corrected chi connectivity index (χ2v) is 4.68. The first-order chi connectivity index (χ1) is 9.13. The van der Waals surface area contributed by atoms with Gasteiger partial charge in [-0.15, -0.1) is 0 Å². The molecule has 1 heterocycles. The average Bonchev–Trinajstić information content (AvgIpc) is 2.42. The normalized spacial score (nSPS) is 16.7. The standard InChI is InChI=1S/C12H14BrNO3.C2H6/c1-3-16-12(15)10-7-14(2)9-6-4-5-8(13)11(9)17-10;1-2/h4-6,10H,3,7H2,1-2H3;1-2H3. The van der Waals surface area contributed by atoms with E-state index in [1.54, 1.807) is 6.92 Å². The first-order valence-corrected chi connectivity index (χ1v) is 7.25. The average molecular weight is 330 g/mol. The molecule has 106 valence electrons. The van der Waals surface area contributed by atoms with Crippen LogP contribution in [0.25, 0.3) is 0 Å². The van der Waals surface area contributed by atoms with Crippen molar-refractivity contribution in [2.75, 3.05) is 25.1 Å². The number of ether oxygens (including phenoxy) is 2. The fourth-order valence-corrected chi connectivity index (χ4v) is 2.25. The molecular formula is C14H20BrNO3. The van der Waals surface area contributed by atoms with Crippen LogP contribution in [0.5, 0.6) is 5.75 Å². The van der Waals surface area contributed by atoms with Crippen LogP contribution in [0.1, 0.15) is 20.8 Å². The van der Waals surface area contributed by atoms with E-state index in [0.29, 0.717) is 18.9 Å². The van der Waals surface area contributed by atoms with Gasteiger partial charge in [0.2, 0.25) is 6.10 Å². The van der Waals surface area contributed by atoms with Crippen LogP contribution in [0.2, 0.25) is 0 Å². The van der Waals surface area contributed by atoms with Crippen molar-refractivity contribution in [1.82, 2.24) is 0 Å². The minimum Gasteiger partial charge on any atom is -0.473 e. The van der Waals surface area contributed by atoms with Crippen LogP contribution in [0.3, 0.4) is 0 Å². The van der Waals surface area contributed by atoms with E-state index in [-0.39, 0.29) is 5.97 Å². The molecule has 1 aliphatic heterocycles. The zero-order valence-electron chi connectivity index (χ0n) is 11.8. The minimum absolute atomic E-state index is 0.319. The van der Waals surface area contributed by atoms with Gasteiger partial charge in [0.05, 0.1) is 23.3 Å². The molecule has 2 rings (SSSR count). The summed E-state index contributed by atoms with van der Waals surface area (Å²) in [5.41, 5.74) is 0.972. The summed E-state index contributed by atoms with van der Waals surface area (Å²) in [6.07, 6.45) is -0.564. The van der Waals surface area contributed by atoms with Gasteiger partial charge in [-0.2, -0.15) is 0 Å². The van der Waals surface area contributed by atoms with Crippen LogP contribution in [0.4, 0.5) is 5.69 Å². The third-order valence-electron chi connectivity index (χ3n) is 2.61. The van der Waals surface area contributed by atoms with Crippen molar-refractivity contribution in [3.8, 4) is 5.75 Å². The number of nitrogens with zero attached hydrogens (tertiary/aromatic N) is 1. The highest BCUT2D eigenvalue weighted by atomic mass is 79.9. The molecule has 1 aromatic carbocycles. The number of fused-ring (bicyclic) bond motifs is 1. The number of rotatable bonds is 2. The molecule has 0 N–H and O–H groups in total. The largest absolute Gasteiger partial charge is 0.473 e. The fraction of sp³-hybridized carbons (Fsp3) is 0.500. The van der Waals surface area contributed by atoms with E-state index < -0.39 is 6.10 Å². The summed E-state index contributed by atoms with van der Waals surface area (Å²) >= 11 is 3.42. The monoisotopic (exact) mass is 329 g/mol. The van der Waals surface area contributed by atoms with Crippen molar-refractivity contribution in [2.45, 2.75) is 26.9 Å². The van der Waals surface area contributed by atoms with Crippen molar-refractivity contribution in [1.29, 1.82) is 0 Å². The fourth-order valence-electron chi connectivity index (χ4n) is 1.80. The van der Waals surface area contributed by atoms with Crippen LogP contribution in [0.15, 0.2) is 22.7 Å². The molecular weight excluding hydrogens is 310 g/mol. The Labute approximate surface area is 122 Å². The molecule has 0 fully saturated rings. The maximum absolute atomic E-state index is 11.7. The zero-order chi connectivity index (χ0) is 14.4. The van der Waals surface area contributed by atoms with Crippen LogP contribution in [0, 0.1) is 0 Å². The van der Waals surface area contributed by atoms with Crippen molar-refractivity contribution in [3.63, 3.8) is 0 Å². The smallest absolute Gasteiger partial charge is 0.349 e. The maximum atomic E-state index is 11.7. The molecule has 1 atom stereocenters. The van der Waals surface area contributed by atoms with Crippen molar-refractivity contribution >= 4 is 27.6 Å². The number of para-hydroxylation sites is 1. The van der Waals surface area contributed by atoms with Crippen LogP contribution in [-0.4, -0.2) is 32.3 Å². The summed E-state index contributed by atoms with van der Waals surface area (Å²) in [5, 5.41) is 0. The van der Waals surface area contributed by atoms with Gasteiger partial charge in [0, 0.05) is 7.05 Å². The predicted octanol–water partition coefficient (Wildman–Crippen LogP) is 3.24. The van der Waals surface area contributed by atoms with E-state index >= 15 is 0 Å². The molecule has 4 nitrogen and oxygen atoms in total. The molecule has 0 bridgehead atoms. The third-order valence-corrected chi connectivity index (χ3v) is 3.23. The Hall–Kier alpha value is -1.23. The Morgan fingerprint density at radius 3 is 2.84 bits per heavy atom. The number of anilines is 1. The van der Waals surface area contributed by atoms with E-state index in [1.165, 1.54) is 0 Å². The summed E-state index contributed by atoms with van der Waals surface area (Å²) in [4.78, 5) is 13.7. The molecule has 5 heteroatoms. The van der Waals surface area contributed by atoms with Gasteiger partial charge in [-0.25, -0.2) is 4.79 Å². The topological polar surface area (TPSA) is 38.8 Å². The van der Waals surface area contributed by atoms with E-state index in [4.69, 9.17) is 9.47 Å². The summed E-state index contributed by atoms with van der Waals surface area (Å²) < 4.78 is 11.5. The second-order valence-electron chi connectivity index (χ2n) is 3.83. The molecule has 0 saturated carbocycles. The number of benzene rings is 1. The Balaban J connectivity index is 0.000000861. The molecule has 0 radical (unpaired) electrons. The number of carbonyl (C=O) groups excluding carboxylic acids is 1. The van der Waals surface area contributed by atoms with Crippen LogP contribution < -0.4 is 9.64 Å². The van der Waals surface area contributed by atoms with E-state index in [1.807, 2.05) is 44.0 Å². The van der Waals surface area contributed by atoms with Gasteiger partial charge in [0.15, 0.2) is 5.75 Å². The molecule has 0 aliphatic carbocycles. The van der Waals surface area contributed by atoms with Gasteiger partial charge in [-0.1, -0.05) is 19.9 Å². The lowest BCUT2D eigenvalue weighted by Crippen LogP contribution is -2.43. The van der Waals surface area contributed by atoms with Gasteiger partial charge in [0.1, 0.15) is 0 Å². The summed E-state index contributed by atoms with van der Waals surface area (Å²) in [7, 11) is 1.93. The number of likely N-dealkylation sites (N-methyl/N-ethyl adjacent to an activating group) is 1. The van der Waals surface area contributed by atoms with Gasteiger partial charge >= 0.3 is 5.97 Å². The number of hydrogen-bond donors (Lipinski definition) is 0. The lowest BCUT2D eigenvalue weighted by molar-refractivity contribution is -0.151. The molecule has 1 aliphatic rings. The predicted molar refractivity (Wildman–Crippen MR) is 79.8 cm³/mol. The molecule has 1 unspecified atom stereocenters. The van der Waals surface area contributed by atoms with Gasteiger partial charge in [-0.05, 0) is 35.0 Å². The third kappa shape index (κ3) is 3.62. The quantitative estimate of drug-likeness (QED) is 0.781. The van der Waals surface area contributed by atoms with E-state index in [9.17, 15) is 4.79 Å². The molecule has 0 spiro atoms. The first kappa shape index (κ1) is 15.8. The Morgan fingerprint density at radius 2 is 2.21 bits per heavy atom. The lowest BCUT2D eigenvalue weighted by atomic mass is 10.2. The first-order valence-electron chi connectivity index (χ1n) is 6.46. The van der Waals surface area contributed by atoms with Crippen molar-refractivity contribution in [3.05, 3.63) is 22.7 Å². The van der Waals surface area contributed by atoms with Crippen molar-refractivity contribution < 1.29 is 14.3 Å². The minimum atomic E-state index is -0.564. The van der Waals surface area contributed by atoms with Gasteiger partial charge in [-0.3, -0.25) is 0 Å². The van der Waals surface area contributed by atoms with E-state index in [0.717, 1.165) is 10.2 Å². The Bertz CT molecular complexity index is 437. The SMILES string of the molecule is CC.CCOC(=O)C1CN(C)c2cccc(Br)c2O1. The van der Waals surface area contributed by atoms with Crippen LogP contribution in [-0.2, 0) is 9.53 Å². The van der Waals surface area contributed by atoms with Gasteiger partial charge in [0.25, 0.3) is 0 Å². The number of halogens is 1. The molecule has 19 heavy (non-hydrogen) atoms. The maximum Gasteiger partial charge on any atom is 0.349 e. The van der Waals surface area contributed by atoms with Crippen molar-refractivity contribution in [2.24, 2.45) is 0 Å². The Kier molecular flexibility index (Phi) is 6.15. The number of hydrogen-bond acceptors (Lipinski definition) is 4. The Morgan fingerprint density at radius 1 is 1.53 bits per heavy atom. The molecule has 0 amide bonds. The summed E-state index contributed by atoms with van der Waals surface area (Å²) in [6, 6.07) is 5.79. The molecule has 0 saturated heterocycles. The second kappa shape index (κ2) is 7.38. The van der Waals surface area contributed by atoms with Crippen LogP contribution >= 0.6 is 15.9 Å². The summed E-state index contributed by atoms with van der Waals surface area (Å²) in [5.74, 6) is 0.375. The lowest BCUT2D eigenvalue weighted by Gasteiger charge is -2.33. The number of esters is 1. The highest BCUT2D eigenvalue weighted by Crippen LogP contribution is 2.38. The van der Waals surface area contributed by atoms with Gasteiger partial charge < -0.3 is 14.4 Å². The number of carbonyl (C=O) groups is 1.